The van der Waals surface area contributed by atoms with Gasteiger partial charge in [0.1, 0.15) is 29.9 Å². The largest absolute Gasteiger partial charge is 0.381 e. The average Bonchev–Trinajstić information content (AvgIpc) is 3.18. The minimum Gasteiger partial charge on any atom is -0.381 e. The monoisotopic (exact) mass is 408 g/mol. The number of hydrogen-bond donors (Lipinski definition) is 2. The highest BCUT2D eigenvalue weighted by atomic mass is 19.1. The molecule has 0 aliphatic carbocycles. The number of amides is 1. The minimum atomic E-state index is -1.79. The van der Waals surface area contributed by atoms with Crippen LogP contribution in [0.1, 0.15) is 63.9 Å². The number of rotatable bonds is 13. The molecule has 1 aromatic carbocycles. The predicted octanol–water partition coefficient (Wildman–Crippen LogP) is 3.70. The van der Waals surface area contributed by atoms with Crippen LogP contribution in [0.4, 0.5) is 8.78 Å². The van der Waals surface area contributed by atoms with E-state index in [0.29, 0.717) is 12.5 Å². The maximum absolute atomic E-state index is 14.3. The zero-order valence-corrected chi connectivity index (χ0v) is 16.9. The summed E-state index contributed by atoms with van der Waals surface area (Å²) in [7, 11) is 0. The van der Waals surface area contributed by atoms with E-state index in [1.165, 1.54) is 49.1 Å². The number of carbonyl (C=O) groups is 1. The van der Waals surface area contributed by atoms with Crippen molar-refractivity contribution in [1.29, 1.82) is 0 Å². The molecule has 1 unspecified atom stereocenters. The van der Waals surface area contributed by atoms with Crippen LogP contribution in [0.2, 0.25) is 0 Å². The van der Waals surface area contributed by atoms with Crippen molar-refractivity contribution in [3.8, 4) is 0 Å². The van der Waals surface area contributed by atoms with Crippen molar-refractivity contribution in [2.75, 3.05) is 6.54 Å². The standard InChI is InChI=1S/C21H30F2N4O2/c1-2-3-4-5-6-7-8-9-20(28)25-13-21(29,14-27-16-24-15-26-27)18-11-10-17(22)12-19(18)23/h10-12,15-16,29H,2-9,13-14H2,1H3,(H,25,28). The number of aromatic nitrogens is 3. The van der Waals surface area contributed by atoms with Crippen LogP contribution in [0.5, 0.6) is 0 Å². The maximum atomic E-state index is 14.3. The van der Waals surface area contributed by atoms with Gasteiger partial charge in [-0.2, -0.15) is 5.10 Å². The van der Waals surface area contributed by atoms with Gasteiger partial charge in [0.05, 0.1) is 13.1 Å². The van der Waals surface area contributed by atoms with Crippen LogP contribution in [-0.4, -0.2) is 32.3 Å². The highest BCUT2D eigenvalue weighted by Gasteiger charge is 2.34. The SMILES string of the molecule is CCCCCCCCCC(=O)NCC(O)(Cn1cncn1)c1ccc(F)cc1F. The molecular formula is C21H30F2N4O2. The van der Waals surface area contributed by atoms with Crippen molar-refractivity contribution < 1.29 is 18.7 Å². The zero-order valence-electron chi connectivity index (χ0n) is 16.9. The highest BCUT2D eigenvalue weighted by molar-refractivity contribution is 5.75. The number of nitrogens with one attached hydrogen (secondary N) is 1. The molecule has 2 N–H and O–H groups in total. The van der Waals surface area contributed by atoms with Crippen molar-refractivity contribution in [3.05, 3.63) is 48.1 Å². The van der Waals surface area contributed by atoms with Crippen LogP contribution >= 0.6 is 0 Å². The Bertz CT molecular complexity index is 755. The van der Waals surface area contributed by atoms with E-state index in [2.05, 4.69) is 22.3 Å². The molecule has 0 spiro atoms. The fourth-order valence-electron chi connectivity index (χ4n) is 3.26. The molecule has 160 valence electrons. The fraction of sp³-hybridized carbons (Fsp3) is 0.571. The summed E-state index contributed by atoms with van der Waals surface area (Å²) in [6.45, 7) is 1.82. The number of benzene rings is 1. The maximum Gasteiger partial charge on any atom is 0.220 e. The number of unbranched alkanes of at least 4 members (excludes halogenated alkanes) is 6. The van der Waals surface area contributed by atoms with E-state index in [-0.39, 0.29) is 24.6 Å². The Kier molecular flexibility index (Phi) is 9.18. The predicted molar refractivity (Wildman–Crippen MR) is 106 cm³/mol. The van der Waals surface area contributed by atoms with Gasteiger partial charge < -0.3 is 10.4 Å². The second-order valence-corrected chi connectivity index (χ2v) is 7.40. The molecule has 0 radical (unpaired) electrons. The average molecular weight is 408 g/mol. The van der Waals surface area contributed by atoms with Crippen LogP contribution in [-0.2, 0) is 16.9 Å². The molecule has 8 heteroatoms. The molecule has 0 aliphatic heterocycles. The molecule has 1 atom stereocenters. The molecule has 0 bridgehead atoms. The molecule has 6 nitrogen and oxygen atoms in total. The normalized spacial score (nSPS) is 13.2. The van der Waals surface area contributed by atoms with Gasteiger partial charge in [-0.25, -0.2) is 18.4 Å². The topological polar surface area (TPSA) is 80.0 Å². The molecule has 0 aliphatic rings. The lowest BCUT2D eigenvalue weighted by Gasteiger charge is -2.29. The summed E-state index contributed by atoms with van der Waals surface area (Å²) in [4.78, 5) is 16.0. The smallest absolute Gasteiger partial charge is 0.220 e. The van der Waals surface area contributed by atoms with Crippen molar-refractivity contribution in [3.63, 3.8) is 0 Å². The van der Waals surface area contributed by atoms with Crippen LogP contribution in [0.25, 0.3) is 0 Å². The van der Waals surface area contributed by atoms with E-state index in [1.54, 1.807) is 0 Å². The van der Waals surface area contributed by atoms with Gasteiger partial charge in [0.15, 0.2) is 0 Å². The second kappa shape index (κ2) is 11.6. The summed E-state index contributed by atoms with van der Waals surface area (Å²) < 4.78 is 28.9. The Balaban J connectivity index is 1.91. The first kappa shape index (κ1) is 22.9. The third-order valence-electron chi connectivity index (χ3n) is 4.91. The van der Waals surface area contributed by atoms with Crippen LogP contribution in [0.15, 0.2) is 30.9 Å². The summed E-state index contributed by atoms with van der Waals surface area (Å²) >= 11 is 0. The van der Waals surface area contributed by atoms with Crippen LogP contribution in [0.3, 0.4) is 0 Å². The van der Waals surface area contributed by atoms with E-state index < -0.39 is 17.2 Å². The quantitative estimate of drug-likeness (QED) is 0.495. The number of nitrogens with zero attached hydrogens (tertiary/aromatic N) is 3. The van der Waals surface area contributed by atoms with Gasteiger partial charge in [0.2, 0.25) is 5.91 Å². The first-order valence-corrected chi connectivity index (χ1v) is 10.2. The lowest BCUT2D eigenvalue weighted by atomic mass is 9.92. The van der Waals surface area contributed by atoms with E-state index in [1.807, 2.05) is 0 Å². The third-order valence-corrected chi connectivity index (χ3v) is 4.91. The Morgan fingerprint density at radius 1 is 1.17 bits per heavy atom. The van der Waals surface area contributed by atoms with Gasteiger partial charge in [0.25, 0.3) is 0 Å². The van der Waals surface area contributed by atoms with Crippen molar-refractivity contribution in [2.45, 2.75) is 70.4 Å². The van der Waals surface area contributed by atoms with Gasteiger partial charge in [-0.3, -0.25) is 4.79 Å². The molecule has 29 heavy (non-hydrogen) atoms. The summed E-state index contributed by atoms with van der Waals surface area (Å²) in [5, 5.41) is 17.7. The summed E-state index contributed by atoms with van der Waals surface area (Å²) in [5.41, 5.74) is -1.90. The minimum absolute atomic E-state index is 0.106. The van der Waals surface area contributed by atoms with Gasteiger partial charge >= 0.3 is 0 Å². The van der Waals surface area contributed by atoms with E-state index in [0.717, 1.165) is 25.3 Å². The van der Waals surface area contributed by atoms with Crippen molar-refractivity contribution in [2.24, 2.45) is 0 Å². The second-order valence-electron chi connectivity index (χ2n) is 7.40. The lowest BCUT2D eigenvalue weighted by Crippen LogP contribution is -2.44. The van der Waals surface area contributed by atoms with Crippen LogP contribution in [0, 0.1) is 11.6 Å². The molecule has 2 rings (SSSR count). The first-order valence-electron chi connectivity index (χ1n) is 10.2. The Hall–Kier alpha value is -2.35. The first-order chi connectivity index (χ1) is 13.9. The number of halogens is 2. The fourth-order valence-corrected chi connectivity index (χ4v) is 3.26. The molecule has 2 aromatic rings. The van der Waals surface area contributed by atoms with E-state index >= 15 is 0 Å². The van der Waals surface area contributed by atoms with E-state index in [4.69, 9.17) is 0 Å². The van der Waals surface area contributed by atoms with Gasteiger partial charge in [-0.05, 0) is 12.5 Å². The van der Waals surface area contributed by atoms with Crippen LogP contribution < -0.4 is 5.32 Å². The molecule has 1 amide bonds. The lowest BCUT2D eigenvalue weighted by molar-refractivity contribution is -0.122. The summed E-state index contributed by atoms with van der Waals surface area (Å²) in [5.74, 6) is -1.83. The van der Waals surface area contributed by atoms with Gasteiger partial charge in [-0.15, -0.1) is 0 Å². The van der Waals surface area contributed by atoms with E-state index in [9.17, 15) is 18.7 Å². The molecule has 0 fully saturated rings. The zero-order chi connectivity index (χ0) is 21.1. The molecule has 1 aromatic heterocycles. The Labute approximate surface area is 170 Å². The van der Waals surface area contributed by atoms with Crippen molar-refractivity contribution in [1.82, 2.24) is 20.1 Å². The molecule has 0 saturated heterocycles. The molecule has 1 heterocycles. The Morgan fingerprint density at radius 3 is 2.55 bits per heavy atom. The Morgan fingerprint density at radius 2 is 1.90 bits per heavy atom. The highest BCUT2D eigenvalue weighted by Crippen LogP contribution is 2.26. The molecule has 0 saturated carbocycles. The van der Waals surface area contributed by atoms with Gasteiger partial charge in [0, 0.05) is 18.1 Å². The third kappa shape index (κ3) is 7.53. The summed E-state index contributed by atoms with van der Waals surface area (Å²) in [6.07, 6.45) is 10.7. The molecular weight excluding hydrogens is 378 g/mol. The summed E-state index contributed by atoms with van der Waals surface area (Å²) in [6, 6.07) is 2.97. The van der Waals surface area contributed by atoms with Crippen molar-refractivity contribution >= 4 is 5.91 Å². The number of hydrogen-bond acceptors (Lipinski definition) is 4. The van der Waals surface area contributed by atoms with Gasteiger partial charge in [-0.1, -0.05) is 51.5 Å². The number of aliphatic hydroxyl groups is 1. The number of carbonyl (C=O) groups excluding carboxylic acids is 1.